The van der Waals surface area contributed by atoms with Crippen LogP contribution < -0.4 is 10.3 Å². The Hall–Kier alpha value is -3.11. The van der Waals surface area contributed by atoms with Gasteiger partial charge in [0.2, 0.25) is 0 Å². The quantitative estimate of drug-likeness (QED) is 0.420. The van der Waals surface area contributed by atoms with Crippen LogP contribution in [0.4, 0.5) is 5.69 Å². The molecule has 0 fully saturated rings. The standard InChI is InChI=1S/C26H29N3O/c1-4-29(16-8-15-28(2)3)21-12-14-23-25(18-21)30-24-17-20(27)11-13-22(24)26(23)19-9-6-5-7-10-19/h5-7,9-14,17-18,27H,4,8,15-16H2,1-3H3. The van der Waals surface area contributed by atoms with Crippen molar-refractivity contribution >= 4 is 16.7 Å². The molecule has 4 nitrogen and oxygen atoms in total. The van der Waals surface area contributed by atoms with E-state index in [1.807, 2.05) is 24.3 Å². The summed E-state index contributed by atoms with van der Waals surface area (Å²) in [5.74, 6) is 0.752. The normalized spacial score (nSPS) is 11.5. The van der Waals surface area contributed by atoms with E-state index in [4.69, 9.17) is 9.83 Å². The molecule has 2 aliphatic rings. The zero-order valence-corrected chi connectivity index (χ0v) is 18.0. The van der Waals surface area contributed by atoms with E-state index >= 15 is 0 Å². The molecule has 4 heteroatoms. The molecule has 154 valence electrons. The fourth-order valence-electron chi connectivity index (χ4n) is 4.04. The predicted octanol–water partition coefficient (Wildman–Crippen LogP) is 5.46. The van der Waals surface area contributed by atoms with Gasteiger partial charge in [0.25, 0.3) is 0 Å². The second-order valence-corrected chi connectivity index (χ2v) is 7.97. The summed E-state index contributed by atoms with van der Waals surface area (Å²) in [5, 5.41) is 9.59. The molecule has 0 spiro atoms. The number of fused-ring (bicyclic) bond motifs is 2. The van der Waals surface area contributed by atoms with Gasteiger partial charge in [0.1, 0.15) is 11.3 Å². The maximum absolute atomic E-state index is 8.04. The average molecular weight is 400 g/mol. The second-order valence-electron chi connectivity index (χ2n) is 7.97. The molecule has 0 saturated heterocycles. The van der Waals surface area contributed by atoms with Crippen LogP contribution >= 0.6 is 0 Å². The molecule has 0 saturated carbocycles. The van der Waals surface area contributed by atoms with Crippen molar-refractivity contribution in [2.45, 2.75) is 13.3 Å². The Bertz CT molecular complexity index is 1160. The number of hydrogen-bond donors (Lipinski definition) is 1. The molecule has 2 aromatic carbocycles. The van der Waals surface area contributed by atoms with Gasteiger partial charge in [0.15, 0.2) is 0 Å². The van der Waals surface area contributed by atoms with Crippen molar-refractivity contribution in [2.24, 2.45) is 0 Å². The van der Waals surface area contributed by atoms with Gasteiger partial charge in [-0.15, -0.1) is 0 Å². The van der Waals surface area contributed by atoms with Crippen LogP contribution in [0.3, 0.4) is 0 Å². The third-order valence-electron chi connectivity index (χ3n) is 5.55. The van der Waals surface area contributed by atoms with E-state index in [0.29, 0.717) is 5.36 Å². The molecule has 0 bridgehead atoms. The van der Waals surface area contributed by atoms with Crippen LogP contribution in [0.1, 0.15) is 13.3 Å². The van der Waals surface area contributed by atoms with Crippen molar-refractivity contribution in [3.8, 4) is 22.5 Å². The predicted molar refractivity (Wildman–Crippen MR) is 125 cm³/mol. The maximum Gasteiger partial charge on any atom is 0.137 e. The first-order valence-electron chi connectivity index (χ1n) is 10.6. The molecular weight excluding hydrogens is 370 g/mol. The topological polar surface area (TPSA) is 43.5 Å². The molecule has 0 atom stereocenters. The van der Waals surface area contributed by atoms with Crippen LogP contribution in [0, 0.1) is 5.41 Å². The summed E-state index contributed by atoms with van der Waals surface area (Å²) in [5.41, 5.74) is 5.39. The molecule has 0 unspecified atom stereocenters. The van der Waals surface area contributed by atoms with Crippen LogP contribution in [0.25, 0.3) is 33.4 Å². The highest BCUT2D eigenvalue weighted by Crippen LogP contribution is 2.40. The Morgan fingerprint density at radius 2 is 1.70 bits per heavy atom. The second kappa shape index (κ2) is 8.72. The minimum atomic E-state index is 0.458. The van der Waals surface area contributed by atoms with Gasteiger partial charge >= 0.3 is 0 Å². The lowest BCUT2D eigenvalue weighted by atomic mass is 9.93. The Morgan fingerprint density at radius 1 is 0.900 bits per heavy atom. The van der Waals surface area contributed by atoms with Gasteiger partial charge < -0.3 is 19.6 Å². The number of nitrogens with zero attached hydrogens (tertiary/aromatic N) is 2. The molecule has 1 aliphatic heterocycles. The zero-order valence-electron chi connectivity index (χ0n) is 18.0. The first kappa shape index (κ1) is 20.2. The van der Waals surface area contributed by atoms with Gasteiger partial charge in [-0.3, -0.25) is 0 Å². The number of benzene rings is 3. The first-order valence-corrected chi connectivity index (χ1v) is 10.6. The van der Waals surface area contributed by atoms with Crippen molar-refractivity contribution in [3.05, 3.63) is 72.1 Å². The molecule has 0 radical (unpaired) electrons. The van der Waals surface area contributed by atoms with E-state index in [-0.39, 0.29) is 0 Å². The van der Waals surface area contributed by atoms with Gasteiger partial charge in [-0.05, 0) is 63.8 Å². The first-order chi connectivity index (χ1) is 14.6. The van der Waals surface area contributed by atoms with Crippen molar-refractivity contribution in [2.75, 3.05) is 38.6 Å². The van der Waals surface area contributed by atoms with Crippen LogP contribution in [-0.2, 0) is 0 Å². The Morgan fingerprint density at radius 3 is 2.43 bits per heavy atom. The fraction of sp³-hybridized carbons (Fsp3) is 0.269. The third kappa shape index (κ3) is 4.10. The highest BCUT2D eigenvalue weighted by Gasteiger charge is 2.17. The lowest BCUT2D eigenvalue weighted by molar-refractivity contribution is 0.400. The summed E-state index contributed by atoms with van der Waals surface area (Å²) < 4.78 is 6.31. The number of hydrogen-bond acceptors (Lipinski definition) is 4. The molecule has 0 amide bonds. The highest BCUT2D eigenvalue weighted by atomic mass is 16.3. The van der Waals surface area contributed by atoms with Gasteiger partial charge in [-0.1, -0.05) is 30.3 Å². The number of rotatable bonds is 7. The summed E-state index contributed by atoms with van der Waals surface area (Å²) >= 11 is 0. The molecule has 4 rings (SSSR count). The SMILES string of the molecule is CCN(CCCN(C)C)c1ccc2c(-c3ccccc3)c3ccc(=N)cc-3oc2c1. The molecule has 2 aromatic rings. The number of nitrogens with one attached hydrogen (secondary N) is 1. The Balaban J connectivity index is 1.85. The fourth-order valence-corrected chi connectivity index (χ4v) is 4.04. The molecule has 1 heterocycles. The summed E-state index contributed by atoms with van der Waals surface area (Å²) in [6.07, 6.45) is 1.12. The van der Waals surface area contributed by atoms with Gasteiger partial charge in [-0.2, -0.15) is 0 Å². The van der Waals surface area contributed by atoms with Crippen molar-refractivity contribution < 1.29 is 4.42 Å². The van der Waals surface area contributed by atoms with Gasteiger partial charge in [0, 0.05) is 47.4 Å². The van der Waals surface area contributed by atoms with E-state index in [2.05, 4.69) is 73.3 Å². The lowest BCUT2D eigenvalue weighted by Crippen LogP contribution is -2.26. The van der Waals surface area contributed by atoms with Gasteiger partial charge in [0.05, 0.1) is 5.36 Å². The minimum Gasteiger partial charge on any atom is -0.456 e. The minimum absolute atomic E-state index is 0.458. The summed E-state index contributed by atoms with van der Waals surface area (Å²) in [4.78, 5) is 4.62. The van der Waals surface area contributed by atoms with E-state index in [0.717, 1.165) is 59.5 Å². The Labute approximate surface area is 178 Å². The van der Waals surface area contributed by atoms with Crippen molar-refractivity contribution in [1.82, 2.24) is 4.90 Å². The van der Waals surface area contributed by atoms with Crippen LogP contribution in [0.15, 0.2) is 71.1 Å². The lowest BCUT2D eigenvalue weighted by Gasteiger charge is -2.25. The molecule has 1 N–H and O–H groups in total. The Kier molecular flexibility index (Phi) is 5.86. The monoisotopic (exact) mass is 399 g/mol. The van der Waals surface area contributed by atoms with Crippen LogP contribution in [0.5, 0.6) is 0 Å². The highest BCUT2D eigenvalue weighted by molar-refractivity contribution is 6.02. The van der Waals surface area contributed by atoms with Crippen LogP contribution in [-0.4, -0.2) is 38.6 Å². The largest absolute Gasteiger partial charge is 0.456 e. The van der Waals surface area contributed by atoms with E-state index in [1.165, 1.54) is 5.69 Å². The summed E-state index contributed by atoms with van der Waals surface area (Å²) in [6.45, 7) is 5.23. The summed E-state index contributed by atoms with van der Waals surface area (Å²) in [7, 11) is 4.23. The van der Waals surface area contributed by atoms with Crippen molar-refractivity contribution in [3.63, 3.8) is 0 Å². The average Bonchev–Trinajstić information content (AvgIpc) is 2.75. The maximum atomic E-state index is 8.04. The molecule has 1 aliphatic carbocycles. The summed E-state index contributed by atoms with van der Waals surface area (Å²) in [6, 6.07) is 22.6. The molecular formula is C26H29N3O. The smallest absolute Gasteiger partial charge is 0.137 e. The van der Waals surface area contributed by atoms with E-state index in [1.54, 1.807) is 0 Å². The zero-order chi connectivity index (χ0) is 21.1. The molecule has 0 aromatic heterocycles. The van der Waals surface area contributed by atoms with Gasteiger partial charge in [-0.25, -0.2) is 0 Å². The third-order valence-corrected chi connectivity index (χ3v) is 5.55. The van der Waals surface area contributed by atoms with Crippen molar-refractivity contribution in [1.29, 1.82) is 5.41 Å². The van der Waals surface area contributed by atoms with E-state index in [9.17, 15) is 0 Å². The molecule has 30 heavy (non-hydrogen) atoms. The van der Waals surface area contributed by atoms with Crippen LogP contribution in [0.2, 0.25) is 0 Å². The van der Waals surface area contributed by atoms with E-state index < -0.39 is 0 Å². The number of anilines is 1.